The molecule has 4 amide bonds. The van der Waals surface area contributed by atoms with Gasteiger partial charge in [-0.05, 0) is 19.9 Å². The van der Waals surface area contributed by atoms with Gasteiger partial charge in [-0.3, -0.25) is 45.9 Å². The fourth-order valence-electron chi connectivity index (χ4n) is 2.51. The molecular weight excluding hydrogens is 550 g/mol. The van der Waals surface area contributed by atoms with Crippen LogP contribution in [0.25, 0.3) is 0 Å². The Morgan fingerprint density at radius 1 is 0.688 bits per heavy atom. The number of hydrazine groups is 2. The summed E-state index contributed by atoms with van der Waals surface area (Å²) in [7, 11) is 11.1. The van der Waals surface area contributed by atoms with Crippen molar-refractivity contribution in [3.63, 3.8) is 0 Å². The zero-order chi connectivity index (χ0) is 23.3. The van der Waals surface area contributed by atoms with E-state index in [1.165, 1.54) is 6.07 Å². The van der Waals surface area contributed by atoms with E-state index in [9.17, 15) is 19.2 Å². The van der Waals surface area contributed by atoms with Gasteiger partial charge < -0.3 is 8.97 Å². The number of aryl methyl sites for hydroxylation is 2. The van der Waals surface area contributed by atoms with E-state index in [-0.39, 0.29) is 70.0 Å². The summed E-state index contributed by atoms with van der Waals surface area (Å²) in [5.74, 6) is -1.91. The van der Waals surface area contributed by atoms with Crippen LogP contribution in [0.4, 0.5) is 0 Å². The summed E-state index contributed by atoms with van der Waals surface area (Å²) >= 11 is 0. The lowest BCUT2D eigenvalue weighted by Gasteiger charge is -2.23. The smallest absolute Gasteiger partial charge is 0.293 e. The number of nitrogens with one attached hydrogen (secondary N) is 4. The number of rotatable bonds is 6. The molecule has 0 saturated heterocycles. The van der Waals surface area contributed by atoms with Crippen LogP contribution in [0, 0.1) is 13.8 Å². The first-order chi connectivity index (χ1) is 13.6. The molecule has 0 aliphatic heterocycles. The van der Waals surface area contributed by atoms with E-state index in [4.69, 9.17) is 0 Å². The Kier molecular flexibility index (Phi) is 12.9. The largest absolute Gasteiger partial charge is 0.323 e. The van der Waals surface area contributed by atoms with E-state index in [0.717, 1.165) is 0 Å². The molecular formula is C19H35Br2N7O4+2. The second-order valence-corrected chi connectivity index (χ2v) is 9.16. The van der Waals surface area contributed by atoms with E-state index >= 15 is 0 Å². The molecule has 0 bridgehead atoms. The number of halogens is 2. The maximum absolute atomic E-state index is 12.5. The highest BCUT2D eigenvalue weighted by molar-refractivity contribution is 8.93. The third kappa shape index (κ3) is 11.5. The molecule has 0 atom stereocenters. The molecule has 11 nitrogen and oxygen atoms in total. The van der Waals surface area contributed by atoms with Crippen LogP contribution in [0.5, 0.6) is 0 Å². The van der Waals surface area contributed by atoms with Gasteiger partial charge in [-0.2, -0.15) is 0 Å². The van der Waals surface area contributed by atoms with Crippen molar-refractivity contribution >= 4 is 57.6 Å². The van der Waals surface area contributed by atoms with Crippen LogP contribution in [-0.4, -0.2) is 93.0 Å². The Morgan fingerprint density at radius 3 is 1.28 bits per heavy atom. The van der Waals surface area contributed by atoms with E-state index in [0.29, 0.717) is 20.4 Å². The van der Waals surface area contributed by atoms with Gasteiger partial charge in [-0.25, -0.2) is 0 Å². The molecule has 13 heteroatoms. The Labute approximate surface area is 210 Å². The number of pyridine rings is 1. The topological polar surface area (TPSA) is 129 Å². The minimum absolute atomic E-state index is 0. The van der Waals surface area contributed by atoms with Crippen LogP contribution >= 0.6 is 34.0 Å². The van der Waals surface area contributed by atoms with E-state index < -0.39 is 11.8 Å². The van der Waals surface area contributed by atoms with Crippen LogP contribution in [0.2, 0.25) is 0 Å². The molecule has 0 unspecified atom stereocenters. The van der Waals surface area contributed by atoms with Crippen molar-refractivity contribution in [1.29, 1.82) is 0 Å². The third-order valence-corrected chi connectivity index (χ3v) is 3.76. The fourth-order valence-corrected chi connectivity index (χ4v) is 2.51. The lowest BCUT2D eigenvalue weighted by molar-refractivity contribution is -0.862. The zero-order valence-electron chi connectivity index (χ0n) is 19.8. The van der Waals surface area contributed by atoms with Crippen molar-refractivity contribution in [3.8, 4) is 0 Å². The third-order valence-electron chi connectivity index (χ3n) is 3.76. The fraction of sp³-hybridized carbons (Fsp3) is 0.526. The molecule has 0 aliphatic rings. The molecule has 4 N–H and O–H groups in total. The second kappa shape index (κ2) is 12.8. The first-order valence-corrected chi connectivity index (χ1v) is 9.36. The van der Waals surface area contributed by atoms with Gasteiger partial charge in [0.05, 0.1) is 64.8 Å². The Balaban J connectivity index is 0. The molecule has 0 saturated carbocycles. The predicted octanol–water partition coefficient (Wildman–Crippen LogP) is -0.211. The normalized spacial score (nSPS) is 10.8. The van der Waals surface area contributed by atoms with Crippen molar-refractivity contribution in [2.24, 2.45) is 0 Å². The minimum atomic E-state index is -0.599. The Bertz CT molecular complexity index is 784. The standard InChI is InChI=1S/C19H31N7O4.2BrH/c1-12-14(18(29)23-21-16(27)10-25(3,4)5)9-15(13(2)20-12)19(30)24-22-17(28)11-26(6,7)8;;/h9H,10-11H2,1-8H3,(H2-2,21,22,23,24,27,28,29,30);2*1H/p+2. The molecule has 1 aromatic heterocycles. The summed E-state index contributed by atoms with van der Waals surface area (Å²) in [6, 6.07) is 1.38. The summed E-state index contributed by atoms with van der Waals surface area (Å²) < 4.78 is 0.800. The van der Waals surface area contributed by atoms with Gasteiger partial charge in [0.2, 0.25) is 0 Å². The van der Waals surface area contributed by atoms with Gasteiger partial charge in [0.1, 0.15) is 0 Å². The molecule has 1 aromatic rings. The molecule has 182 valence electrons. The minimum Gasteiger partial charge on any atom is -0.323 e. The average Bonchev–Trinajstić information content (AvgIpc) is 2.54. The Hall–Kier alpha value is -2.09. The number of carbonyl (C=O) groups excluding carboxylic acids is 4. The number of hydrogen-bond acceptors (Lipinski definition) is 5. The van der Waals surface area contributed by atoms with Gasteiger partial charge in [-0.1, -0.05) is 0 Å². The number of carbonyl (C=O) groups is 4. The number of aromatic nitrogens is 1. The van der Waals surface area contributed by atoms with Crippen LogP contribution in [0.15, 0.2) is 6.07 Å². The summed E-state index contributed by atoms with van der Waals surface area (Å²) in [5.41, 5.74) is 10.4. The Morgan fingerprint density at radius 2 is 1.00 bits per heavy atom. The highest BCUT2D eigenvalue weighted by Gasteiger charge is 2.20. The van der Waals surface area contributed by atoms with Crippen LogP contribution in [-0.2, 0) is 9.59 Å². The van der Waals surface area contributed by atoms with Gasteiger partial charge in [0.15, 0.2) is 13.1 Å². The summed E-state index contributed by atoms with van der Waals surface area (Å²) in [4.78, 5) is 53.0. The number of likely N-dealkylation sites (N-methyl/N-ethyl adjacent to an activating group) is 2. The summed E-state index contributed by atoms with van der Waals surface area (Å²) in [6.07, 6.45) is 0. The SMILES string of the molecule is Br.Br.Cc1nc(C)c(C(=O)NNC(=O)C[N+](C)(C)C)cc1C(=O)NNC(=O)C[N+](C)(C)C. The van der Waals surface area contributed by atoms with Crippen LogP contribution < -0.4 is 21.7 Å². The van der Waals surface area contributed by atoms with Crippen molar-refractivity contribution in [1.82, 2.24) is 26.7 Å². The number of amides is 4. The van der Waals surface area contributed by atoms with E-state index in [1.54, 1.807) is 13.8 Å². The zero-order valence-corrected chi connectivity index (χ0v) is 23.2. The molecule has 32 heavy (non-hydrogen) atoms. The number of nitrogens with zero attached hydrogens (tertiary/aromatic N) is 3. The maximum Gasteiger partial charge on any atom is 0.293 e. The van der Waals surface area contributed by atoms with Crippen LogP contribution in [0.3, 0.4) is 0 Å². The van der Waals surface area contributed by atoms with Crippen molar-refractivity contribution in [2.45, 2.75) is 13.8 Å². The van der Waals surface area contributed by atoms with Crippen LogP contribution in [0.1, 0.15) is 32.1 Å². The first kappa shape index (κ1) is 32.1. The van der Waals surface area contributed by atoms with Gasteiger partial charge in [-0.15, -0.1) is 34.0 Å². The molecule has 0 radical (unpaired) electrons. The van der Waals surface area contributed by atoms with Gasteiger partial charge in [0, 0.05) is 0 Å². The summed E-state index contributed by atoms with van der Waals surface area (Å²) in [6.45, 7) is 3.60. The molecule has 0 spiro atoms. The van der Waals surface area contributed by atoms with Crippen molar-refractivity contribution in [2.75, 3.05) is 55.4 Å². The molecule has 0 aliphatic carbocycles. The van der Waals surface area contributed by atoms with Gasteiger partial charge in [0.25, 0.3) is 23.6 Å². The van der Waals surface area contributed by atoms with E-state index in [1.807, 2.05) is 42.3 Å². The monoisotopic (exact) mass is 583 g/mol. The maximum atomic E-state index is 12.5. The summed E-state index contributed by atoms with van der Waals surface area (Å²) in [5, 5.41) is 0. The molecule has 1 heterocycles. The predicted molar refractivity (Wildman–Crippen MR) is 131 cm³/mol. The van der Waals surface area contributed by atoms with E-state index in [2.05, 4.69) is 26.7 Å². The quantitative estimate of drug-likeness (QED) is 0.272. The molecule has 1 rings (SSSR count). The highest BCUT2D eigenvalue weighted by atomic mass is 79.9. The van der Waals surface area contributed by atoms with Crippen molar-refractivity contribution in [3.05, 3.63) is 28.6 Å². The number of hydrogen-bond donors (Lipinski definition) is 4. The molecule has 0 aromatic carbocycles. The lowest BCUT2D eigenvalue weighted by Crippen LogP contribution is -2.50. The highest BCUT2D eigenvalue weighted by Crippen LogP contribution is 2.12. The van der Waals surface area contributed by atoms with Crippen molar-refractivity contribution < 1.29 is 28.1 Å². The lowest BCUT2D eigenvalue weighted by atomic mass is 10.1. The number of quaternary nitrogens is 2. The second-order valence-electron chi connectivity index (χ2n) is 9.16. The first-order valence-electron chi connectivity index (χ1n) is 9.36. The molecule has 0 fully saturated rings. The average molecular weight is 585 g/mol. The van der Waals surface area contributed by atoms with Gasteiger partial charge >= 0.3 is 0 Å².